The Hall–Kier alpha value is 2.05. The zero-order valence-corrected chi connectivity index (χ0v) is 16.7. The molecule has 0 aromatic carbocycles. The predicted octanol–water partition coefficient (Wildman–Crippen LogP) is 3.15. The molecule has 0 spiro atoms. The van der Waals surface area contributed by atoms with Gasteiger partial charge < -0.3 is 1.43 Å². The first-order valence-corrected chi connectivity index (χ1v) is 11.1. The number of hydrogen-bond donors (Lipinski definition) is 2. The van der Waals surface area contributed by atoms with Crippen LogP contribution in [-0.4, -0.2) is 12.0 Å². The Balaban J connectivity index is -0.00000112. The van der Waals surface area contributed by atoms with Crippen LogP contribution in [0.25, 0.3) is 0 Å². The molecule has 0 aromatic heterocycles. The summed E-state index contributed by atoms with van der Waals surface area (Å²) in [4.78, 5) is 0. The zero-order valence-electron chi connectivity index (χ0n) is 13.1. The van der Waals surface area contributed by atoms with Crippen LogP contribution >= 0.6 is 31.4 Å². The van der Waals surface area contributed by atoms with Crippen LogP contribution in [0, 0.1) is 0 Å². The van der Waals surface area contributed by atoms with Crippen molar-refractivity contribution in [1.82, 2.24) is 0 Å². The molecule has 0 rings (SSSR count). The van der Waals surface area contributed by atoms with E-state index in [0.717, 1.165) is 0 Å². The zero-order chi connectivity index (χ0) is 12.3. The number of hydrogen-bond acceptors (Lipinski definition) is 2. The van der Waals surface area contributed by atoms with Gasteiger partial charge in [-0.2, -0.15) is 8.09 Å². The van der Waals surface area contributed by atoms with E-state index in [0.29, 0.717) is 0 Å². The topological polar surface area (TPSA) is 0 Å². The third-order valence-electron chi connectivity index (χ3n) is 2.88. The van der Waals surface area contributed by atoms with Gasteiger partial charge in [0.25, 0.3) is 0 Å². The molecule has 4 heteroatoms. The Morgan fingerprint density at radius 1 is 0.765 bits per heavy atom. The molecule has 0 amide bonds. The van der Waals surface area contributed by atoms with Crippen LogP contribution < -0.4 is 29.6 Å². The van der Waals surface area contributed by atoms with E-state index in [9.17, 15) is 0 Å². The predicted molar refractivity (Wildman–Crippen MR) is 89.3 cm³/mol. The summed E-state index contributed by atoms with van der Waals surface area (Å²) in [6, 6.07) is 0. The normalized spacial score (nSPS) is 12.2. The van der Waals surface area contributed by atoms with Crippen molar-refractivity contribution in [2.45, 2.75) is 71.1 Å². The van der Waals surface area contributed by atoms with Crippen LogP contribution in [0.15, 0.2) is 0 Å². The molecular formula is C13H31NaS3. The smallest absolute Gasteiger partial charge is 1.00 e. The SMILES string of the molecule is CCCCCCCCCCCCS(C)(S)S.[H-].[Na+]. The maximum atomic E-state index is 4.49. The van der Waals surface area contributed by atoms with E-state index >= 15 is 0 Å². The van der Waals surface area contributed by atoms with Crippen LogP contribution in [-0.2, 0) is 0 Å². The minimum atomic E-state index is -0.843. The maximum Gasteiger partial charge on any atom is 1.00 e. The summed E-state index contributed by atoms with van der Waals surface area (Å²) in [7, 11) is -0.843. The van der Waals surface area contributed by atoms with Gasteiger partial charge in [0.1, 0.15) is 0 Å². The summed E-state index contributed by atoms with van der Waals surface area (Å²) in [5.41, 5.74) is 0. The van der Waals surface area contributed by atoms with Crippen LogP contribution in [0.3, 0.4) is 0 Å². The quantitative estimate of drug-likeness (QED) is 0.249. The van der Waals surface area contributed by atoms with Crippen molar-refractivity contribution in [1.29, 1.82) is 0 Å². The molecule has 0 aromatic rings. The molecule has 0 aliphatic carbocycles. The molecule has 0 aliphatic rings. The average molecular weight is 307 g/mol. The van der Waals surface area contributed by atoms with Gasteiger partial charge in [0, 0.05) is 0 Å². The maximum absolute atomic E-state index is 4.49. The fourth-order valence-corrected chi connectivity index (χ4v) is 3.39. The monoisotopic (exact) mass is 306 g/mol. The van der Waals surface area contributed by atoms with E-state index in [1.807, 2.05) is 0 Å². The molecular weight excluding hydrogens is 275 g/mol. The molecule has 0 saturated carbocycles. The van der Waals surface area contributed by atoms with Crippen LogP contribution in [0.1, 0.15) is 72.6 Å². The van der Waals surface area contributed by atoms with Gasteiger partial charge in [0.05, 0.1) is 0 Å². The Labute approximate surface area is 144 Å². The molecule has 0 bridgehead atoms. The summed E-state index contributed by atoms with van der Waals surface area (Å²) >= 11 is 8.99. The van der Waals surface area contributed by atoms with Crippen molar-refractivity contribution >= 4 is 31.4 Å². The van der Waals surface area contributed by atoms with E-state index in [1.54, 1.807) is 0 Å². The van der Waals surface area contributed by atoms with Gasteiger partial charge in [-0.3, -0.25) is 0 Å². The molecule has 0 fully saturated rings. The van der Waals surface area contributed by atoms with E-state index in [4.69, 9.17) is 0 Å². The first kappa shape index (κ1) is 21.4. The minimum absolute atomic E-state index is 0. The van der Waals surface area contributed by atoms with Gasteiger partial charge >= 0.3 is 29.6 Å². The second-order valence-corrected chi connectivity index (χ2v) is 13.0. The van der Waals surface area contributed by atoms with E-state index < -0.39 is 8.09 Å². The summed E-state index contributed by atoms with van der Waals surface area (Å²) in [6.45, 7) is 2.28. The largest absolute Gasteiger partial charge is 1.00 e. The van der Waals surface area contributed by atoms with Crippen molar-refractivity contribution in [3.8, 4) is 0 Å². The van der Waals surface area contributed by atoms with Crippen LogP contribution in [0.5, 0.6) is 0 Å². The fourth-order valence-electron chi connectivity index (χ4n) is 1.86. The standard InChI is InChI=1S/C13H30S3.Na.H/c1-3-4-5-6-7-8-9-10-11-12-13-16(2,14)15;;/h14-15H,3-13H2,1-2H3;;/q;+1;-1. The average Bonchev–Trinajstić information content (AvgIpc) is 2.19. The Kier molecular flexibility index (Phi) is 18.2. The second-order valence-electron chi connectivity index (χ2n) is 4.88. The number of rotatable bonds is 11. The van der Waals surface area contributed by atoms with Crippen molar-refractivity contribution < 1.29 is 31.0 Å². The number of unbranched alkanes of at least 4 members (excludes halogenated alkanes) is 9. The first-order valence-electron chi connectivity index (χ1n) is 6.77. The third kappa shape index (κ3) is 20.5. The van der Waals surface area contributed by atoms with Gasteiger partial charge in [-0.25, -0.2) is 0 Å². The molecule has 0 atom stereocenters. The van der Waals surface area contributed by atoms with E-state index in [1.165, 1.54) is 70.0 Å². The van der Waals surface area contributed by atoms with Gasteiger partial charge in [-0.1, -0.05) is 64.7 Å². The summed E-state index contributed by atoms with van der Waals surface area (Å²) < 4.78 is 0. The molecule has 0 radical (unpaired) electrons. The Bertz CT molecular complexity index is 152. The number of thiol groups is 2. The van der Waals surface area contributed by atoms with Gasteiger partial charge in [-0.05, 0) is 18.4 Å². The molecule has 0 heterocycles. The fraction of sp³-hybridized carbons (Fsp3) is 1.00. The van der Waals surface area contributed by atoms with Crippen molar-refractivity contribution in [3.05, 3.63) is 0 Å². The van der Waals surface area contributed by atoms with Crippen molar-refractivity contribution in [2.75, 3.05) is 12.0 Å². The van der Waals surface area contributed by atoms with Crippen molar-refractivity contribution in [2.24, 2.45) is 0 Å². The summed E-state index contributed by atoms with van der Waals surface area (Å²) in [5.74, 6) is 1.20. The first-order chi connectivity index (χ1) is 7.56. The molecule has 0 saturated heterocycles. The molecule has 0 unspecified atom stereocenters. The van der Waals surface area contributed by atoms with E-state index in [2.05, 4.69) is 36.5 Å². The van der Waals surface area contributed by atoms with Crippen molar-refractivity contribution in [3.63, 3.8) is 0 Å². The van der Waals surface area contributed by atoms with Gasteiger partial charge in [-0.15, -0.1) is 23.3 Å². The van der Waals surface area contributed by atoms with Crippen LogP contribution in [0.2, 0.25) is 0 Å². The molecule has 17 heavy (non-hydrogen) atoms. The van der Waals surface area contributed by atoms with Gasteiger partial charge in [0.15, 0.2) is 0 Å². The van der Waals surface area contributed by atoms with E-state index in [-0.39, 0.29) is 31.0 Å². The second kappa shape index (κ2) is 14.5. The molecule has 0 nitrogen and oxygen atoms in total. The minimum Gasteiger partial charge on any atom is -1.00 e. The Morgan fingerprint density at radius 2 is 1.12 bits per heavy atom. The molecule has 102 valence electrons. The Morgan fingerprint density at radius 3 is 1.47 bits per heavy atom. The van der Waals surface area contributed by atoms with Crippen LogP contribution in [0.4, 0.5) is 0 Å². The molecule has 0 aliphatic heterocycles. The summed E-state index contributed by atoms with van der Waals surface area (Å²) in [5, 5.41) is 0. The molecule has 0 N–H and O–H groups in total. The third-order valence-corrected chi connectivity index (χ3v) is 5.04. The van der Waals surface area contributed by atoms with Gasteiger partial charge in [0.2, 0.25) is 0 Å². The summed E-state index contributed by atoms with van der Waals surface area (Å²) in [6.07, 6.45) is 16.2.